The number of furan rings is 1. The van der Waals surface area contributed by atoms with Crippen LogP contribution >= 0.6 is 0 Å². The van der Waals surface area contributed by atoms with E-state index in [1.165, 1.54) is 16.7 Å². The predicted octanol–water partition coefficient (Wildman–Crippen LogP) is 11.1. The fourth-order valence-electron chi connectivity index (χ4n) is 6.87. The van der Waals surface area contributed by atoms with Crippen molar-refractivity contribution in [1.29, 1.82) is 0 Å². The molecule has 0 aliphatic heterocycles. The van der Waals surface area contributed by atoms with E-state index in [1.54, 1.807) is 0 Å². The average molecular weight is 616 g/mol. The maximum Gasteiger partial charge on any atom is 0.164 e. The van der Waals surface area contributed by atoms with Crippen LogP contribution in [0.4, 0.5) is 0 Å². The standard InChI is InChI=1S/C44H29N3O/c1-5-16-29(17-6-1)39(30-18-7-2-8-19-30)35-26-15-27-38-40(35)37-28-36(33-24-13-14-25-34(33)41(37)48-38)44-46-42(31-20-9-3-10-21-31)45-43(47-44)32-22-11-4-12-23-32/h1-28,39H. The number of fused-ring (bicyclic) bond motifs is 5. The van der Waals surface area contributed by atoms with Gasteiger partial charge < -0.3 is 4.42 Å². The van der Waals surface area contributed by atoms with E-state index >= 15 is 0 Å². The third kappa shape index (κ3) is 4.83. The van der Waals surface area contributed by atoms with E-state index in [1.807, 2.05) is 60.7 Å². The van der Waals surface area contributed by atoms with E-state index in [4.69, 9.17) is 19.4 Å². The van der Waals surface area contributed by atoms with Gasteiger partial charge in [-0.05, 0) is 34.2 Å². The summed E-state index contributed by atoms with van der Waals surface area (Å²) in [6, 6.07) is 58.7. The lowest BCUT2D eigenvalue weighted by Crippen LogP contribution is -2.03. The minimum Gasteiger partial charge on any atom is -0.455 e. The summed E-state index contributed by atoms with van der Waals surface area (Å²) < 4.78 is 6.75. The summed E-state index contributed by atoms with van der Waals surface area (Å²) in [5.74, 6) is 1.90. The minimum atomic E-state index is 0.0124. The topological polar surface area (TPSA) is 51.8 Å². The second kappa shape index (κ2) is 11.8. The second-order valence-corrected chi connectivity index (χ2v) is 12.0. The number of hydrogen-bond donors (Lipinski definition) is 0. The molecule has 0 aliphatic rings. The molecular formula is C44H29N3O. The summed E-state index contributed by atoms with van der Waals surface area (Å²) in [6.45, 7) is 0. The highest BCUT2D eigenvalue weighted by Gasteiger charge is 2.24. The lowest BCUT2D eigenvalue weighted by atomic mass is 9.83. The van der Waals surface area contributed by atoms with Crippen LogP contribution in [-0.4, -0.2) is 15.0 Å². The van der Waals surface area contributed by atoms with Crippen molar-refractivity contribution < 1.29 is 4.42 Å². The Morgan fingerprint density at radius 2 is 0.917 bits per heavy atom. The van der Waals surface area contributed by atoms with Gasteiger partial charge in [0.25, 0.3) is 0 Å². The highest BCUT2D eigenvalue weighted by molar-refractivity contribution is 6.19. The summed E-state index contributed by atoms with van der Waals surface area (Å²) in [7, 11) is 0. The van der Waals surface area contributed by atoms with Gasteiger partial charge in [-0.1, -0.05) is 158 Å². The first-order valence-electron chi connectivity index (χ1n) is 16.2. The van der Waals surface area contributed by atoms with Crippen molar-refractivity contribution in [3.63, 3.8) is 0 Å². The first-order valence-corrected chi connectivity index (χ1v) is 16.2. The van der Waals surface area contributed by atoms with E-state index in [2.05, 4.69) is 109 Å². The van der Waals surface area contributed by atoms with Crippen LogP contribution in [0.1, 0.15) is 22.6 Å². The van der Waals surface area contributed by atoms with Crippen molar-refractivity contribution in [3.8, 4) is 34.2 Å². The number of aromatic nitrogens is 3. The van der Waals surface area contributed by atoms with Gasteiger partial charge >= 0.3 is 0 Å². The molecule has 9 rings (SSSR count). The van der Waals surface area contributed by atoms with E-state index < -0.39 is 0 Å². The van der Waals surface area contributed by atoms with Crippen molar-refractivity contribution in [2.24, 2.45) is 0 Å². The zero-order valence-electron chi connectivity index (χ0n) is 26.0. The van der Waals surface area contributed by atoms with Crippen LogP contribution < -0.4 is 0 Å². The Labute approximate surface area is 278 Å². The molecule has 0 saturated carbocycles. The molecule has 2 heterocycles. The Balaban J connectivity index is 1.35. The molecule has 0 aliphatic carbocycles. The Kier molecular flexibility index (Phi) is 6.83. The maximum absolute atomic E-state index is 6.75. The van der Waals surface area contributed by atoms with Crippen molar-refractivity contribution in [2.75, 3.05) is 0 Å². The lowest BCUT2D eigenvalue weighted by molar-refractivity contribution is 0.672. The number of hydrogen-bond acceptors (Lipinski definition) is 4. The number of nitrogens with zero attached hydrogens (tertiary/aromatic N) is 3. The van der Waals surface area contributed by atoms with Crippen molar-refractivity contribution >= 4 is 32.7 Å². The average Bonchev–Trinajstić information content (AvgIpc) is 3.56. The van der Waals surface area contributed by atoms with Crippen LogP contribution in [0, 0.1) is 0 Å². The van der Waals surface area contributed by atoms with Gasteiger partial charge in [0.1, 0.15) is 11.2 Å². The molecule has 9 aromatic rings. The predicted molar refractivity (Wildman–Crippen MR) is 195 cm³/mol. The zero-order chi connectivity index (χ0) is 31.9. The SMILES string of the molecule is c1ccc(-c2nc(-c3ccccc3)nc(-c3cc4c(oc5cccc(C(c6ccccc6)c6ccccc6)c54)c4ccccc34)n2)cc1. The van der Waals surface area contributed by atoms with Crippen LogP contribution in [0.5, 0.6) is 0 Å². The Bertz CT molecular complexity index is 2450. The molecule has 4 nitrogen and oxygen atoms in total. The van der Waals surface area contributed by atoms with Gasteiger partial charge in [-0.2, -0.15) is 0 Å². The molecular weight excluding hydrogens is 587 g/mol. The Morgan fingerprint density at radius 1 is 0.417 bits per heavy atom. The molecule has 2 aromatic heterocycles. The molecule has 0 saturated heterocycles. The normalized spacial score (nSPS) is 11.5. The molecule has 0 unspecified atom stereocenters. The lowest BCUT2D eigenvalue weighted by Gasteiger charge is -2.20. The van der Waals surface area contributed by atoms with Crippen molar-refractivity contribution in [3.05, 3.63) is 187 Å². The fraction of sp³-hybridized carbons (Fsp3) is 0.0227. The van der Waals surface area contributed by atoms with Crippen LogP contribution in [0.25, 0.3) is 66.9 Å². The maximum atomic E-state index is 6.75. The largest absolute Gasteiger partial charge is 0.455 e. The summed E-state index contributed by atoms with van der Waals surface area (Å²) in [5, 5.41) is 4.18. The summed E-state index contributed by atoms with van der Waals surface area (Å²) >= 11 is 0. The third-order valence-electron chi connectivity index (χ3n) is 9.05. The molecule has 0 spiro atoms. The molecule has 0 bridgehead atoms. The molecule has 48 heavy (non-hydrogen) atoms. The molecule has 0 amide bonds. The quantitative estimate of drug-likeness (QED) is 0.175. The Morgan fingerprint density at radius 3 is 1.50 bits per heavy atom. The monoisotopic (exact) mass is 615 g/mol. The first kappa shape index (κ1) is 27.9. The summed E-state index contributed by atoms with van der Waals surface area (Å²) in [5.41, 5.74) is 8.16. The second-order valence-electron chi connectivity index (χ2n) is 12.0. The third-order valence-corrected chi connectivity index (χ3v) is 9.05. The fourth-order valence-corrected chi connectivity index (χ4v) is 6.87. The van der Waals surface area contributed by atoms with Gasteiger partial charge in [-0.25, -0.2) is 15.0 Å². The van der Waals surface area contributed by atoms with E-state index in [0.29, 0.717) is 17.5 Å². The van der Waals surface area contributed by atoms with Crippen LogP contribution in [0.2, 0.25) is 0 Å². The van der Waals surface area contributed by atoms with Crippen LogP contribution in [0.3, 0.4) is 0 Å². The van der Waals surface area contributed by atoms with Gasteiger partial charge in [0.2, 0.25) is 0 Å². The molecule has 0 radical (unpaired) electrons. The van der Waals surface area contributed by atoms with E-state index in [9.17, 15) is 0 Å². The summed E-state index contributed by atoms with van der Waals surface area (Å²) in [4.78, 5) is 15.2. The van der Waals surface area contributed by atoms with Crippen LogP contribution in [0.15, 0.2) is 174 Å². The molecule has 226 valence electrons. The van der Waals surface area contributed by atoms with Gasteiger partial charge in [0.05, 0.1) is 0 Å². The van der Waals surface area contributed by atoms with Crippen LogP contribution in [-0.2, 0) is 0 Å². The van der Waals surface area contributed by atoms with Gasteiger partial charge in [0.15, 0.2) is 17.5 Å². The van der Waals surface area contributed by atoms with Crippen molar-refractivity contribution in [2.45, 2.75) is 5.92 Å². The first-order chi connectivity index (χ1) is 23.8. The van der Waals surface area contributed by atoms with Gasteiger partial charge in [-0.15, -0.1) is 0 Å². The van der Waals surface area contributed by atoms with E-state index in [-0.39, 0.29) is 5.92 Å². The van der Waals surface area contributed by atoms with Crippen molar-refractivity contribution in [1.82, 2.24) is 15.0 Å². The Hall–Kier alpha value is -6.39. The number of benzene rings is 7. The smallest absolute Gasteiger partial charge is 0.164 e. The molecule has 7 aromatic carbocycles. The zero-order valence-corrected chi connectivity index (χ0v) is 26.0. The minimum absolute atomic E-state index is 0.0124. The molecule has 0 fully saturated rings. The highest BCUT2D eigenvalue weighted by Crippen LogP contribution is 2.44. The molecule has 0 atom stereocenters. The molecule has 0 N–H and O–H groups in total. The van der Waals surface area contributed by atoms with E-state index in [0.717, 1.165) is 49.4 Å². The number of rotatable bonds is 6. The summed E-state index contributed by atoms with van der Waals surface area (Å²) in [6.07, 6.45) is 0. The van der Waals surface area contributed by atoms with Gasteiger partial charge in [-0.3, -0.25) is 0 Å². The molecule has 4 heteroatoms. The highest BCUT2D eigenvalue weighted by atomic mass is 16.3. The van der Waals surface area contributed by atoms with Gasteiger partial charge in [0, 0.05) is 38.8 Å².